The lowest BCUT2D eigenvalue weighted by atomic mass is 10.0. The Morgan fingerprint density at radius 2 is 1.62 bits per heavy atom. The topological polar surface area (TPSA) is 97.6 Å². The molecule has 9 heteroatoms. The number of hydrogen-bond donors (Lipinski definition) is 0. The largest absolute Gasteiger partial charge is 0.494 e. The third-order valence-corrected chi connectivity index (χ3v) is 6.50. The van der Waals surface area contributed by atoms with Gasteiger partial charge in [-0.3, -0.25) is 14.4 Å². The van der Waals surface area contributed by atoms with Crippen molar-refractivity contribution >= 4 is 23.4 Å². The summed E-state index contributed by atoms with van der Waals surface area (Å²) in [5.74, 6) is -0.480. The van der Waals surface area contributed by atoms with E-state index in [9.17, 15) is 14.4 Å². The fourth-order valence-corrected chi connectivity index (χ4v) is 4.32. The van der Waals surface area contributed by atoms with Gasteiger partial charge >= 0.3 is 0 Å². The average Bonchev–Trinajstić information content (AvgIpc) is 3.55. The van der Waals surface area contributed by atoms with E-state index in [0.717, 1.165) is 16.2 Å². The second-order valence-corrected chi connectivity index (χ2v) is 8.66. The molecule has 0 radical (unpaired) electrons. The van der Waals surface area contributed by atoms with Crippen molar-refractivity contribution in [1.29, 1.82) is 0 Å². The van der Waals surface area contributed by atoms with Crippen LogP contribution in [-0.4, -0.2) is 51.0 Å². The summed E-state index contributed by atoms with van der Waals surface area (Å²) in [6, 6.07) is 18.9. The molecular weight excluding hydrogens is 470 g/mol. The van der Waals surface area contributed by atoms with Gasteiger partial charge in [0.25, 0.3) is 17.7 Å². The van der Waals surface area contributed by atoms with Crippen molar-refractivity contribution in [3.05, 3.63) is 102 Å². The molecule has 0 N–H and O–H groups in total. The summed E-state index contributed by atoms with van der Waals surface area (Å²) in [7, 11) is 1.71. The van der Waals surface area contributed by atoms with E-state index in [2.05, 4.69) is 10.1 Å². The lowest BCUT2D eigenvalue weighted by Gasteiger charge is -2.25. The number of anilines is 1. The summed E-state index contributed by atoms with van der Waals surface area (Å²) in [6.45, 7) is 4.33. The first-order valence-corrected chi connectivity index (χ1v) is 11.9. The van der Waals surface area contributed by atoms with Gasteiger partial charge in [-0.2, -0.15) is 5.10 Å². The van der Waals surface area contributed by atoms with E-state index in [1.807, 2.05) is 38.1 Å². The van der Waals surface area contributed by atoms with Gasteiger partial charge in [0.15, 0.2) is 0 Å². The first-order chi connectivity index (χ1) is 17.9. The highest BCUT2D eigenvalue weighted by molar-refractivity contribution is 6.34. The van der Waals surface area contributed by atoms with Crippen LogP contribution in [0.5, 0.6) is 5.75 Å². The third-order valence-electron chi connectivity index (χ3n) is 6.50. The fourth-order valence-electron chi connectivity index (χ4n) is 4.32. The van der Waals surface area contributed by atoms with Gasteiger partial charge in [-0.25, -0.2) is 14.6 Å². The number of fused-ring (bicyclic) bond motifs is 1. The summed E-state index contributed by atoms with van der Waals surface area (Å²) >= 11 is 0. The van der Waals surface area contributed by atoms with Crippen molar-refractivity contribution in [3.63, 3.8) is 0 Å². The van der Waals surface area contributed by atoms with Crippen molar-refractivity contribution in [2.45, 2.75) is 19.9 Å². The fraction of sp³-hybridized carbons (Fsp3) is 0.179. The Morgan fingerprint density at radius 3 is 2.27 bits per heavy atom. The molecule has 186 valence electrons. The Morgan fingerprint density at radius 1 is 0.946 bits per heavy atom. The molecule has 37 heavy (non-hydrogen) atoms. The van der Waals surface area contributed by atoms with Crippen LogP contribution in [0.1, 0.15) is 56.5 Å². The molecule has 0 bridgehead atoms. The molecule has 1 aliphatic heterocycles. The van der Waals surface area contributed by atoms with E-state index in [-0.39, 0.29) is 23.1 Å². The molecular formula is C28H25N5O4. The van der Waals surface area contributed by atoms with Crippen molar-refractivity contribution in [1.82, 2.24) is 19.7 Å². The Bertz CT molecular complexity index is 1460. The van der Waals surface area contributed by atoms with Crippen LogP contribution in [-0.2, 0) is 0 Å². The number of nitrogens with zero attached hydrogens (tertiary/aromatic N) is 5. The summed E-state index contributed by atoms with van der Waals surface area (Å²) in [5, 5.41) is 4.12. The minimum absolute atomic E-state index is 0.211. The predicted octanol–water partition coefficient (Wildman–Crippen LogP) is 4.30. The Balaban J connectivity index is 1.34. The minimum atomic E-state index is -0.460. The first-order valence-electron chi connectivity index (χ1n) is 11.9. The SMILES string of the molecule is CCOc1ccc(N2C(=O)c3ccc(C(=O)N(C)[C@H](C)c4ccc(-n5cncn5)cc4)cc3C2=O)cc1. The maximum Gasteiger partial charge on any atom is 0.266 e. The van der Waals surface area contributed by atoms with Crippen molar-refractivity contribution in [2.24, 2.45) is 0 Å². The van der Waals surface area contributed by atoms with Crippen LogP contribution in [0.25, 0.3) is 5.69 Å². The normalized spacial score (nSPS) is 13.4. The quantitative estimate of drug-likeness (QED) is 0.355. The molecule has 3 amide bonds. The molecule has 0 saturated heterocycles. The lowest BCUT2D eigenvalue weighted by Crippen LogP contribution is -2.30. The van der Waals surface area contributed by atoms with Crippen molar-refractivity contribution in [3.8, 4) is 11.4 Å². The molecule has 0 fully saturated rings. The highest BCUT2D eigenvalue weighted by Gasteiger charge is 2.37. The van der Waals surface area contributed by atoms with Crippen LogP contribution < -0.4 is 9.64 Å². The highest BCUT2D eigenvalue weighted by Crippen LogP contribution is 2.31. The zero-order chi connectivity index (χ0) is 26.1. The number of carbonyl (C=O) groups excluding carboxylic acids is 3. The van der Waals surface area contributed by atoms with Gasteiger partial charge in [-0.15, -0.1) is 0 Å². The van der Waals surface area contributed by atoms with Gasteiger partial charge in [0, 0.05) is 12.6 Å². The molecule has 2 heterocycles. The monoisotopic (exact) mass is 495 g/mol. The van der Waals surface area contributed by atoms with Crippen LogP contribution in [0.3, 0.4) is 0 Å². The maximum absolute atomic E-state index is 13.3. The smallest absolute Gasteiger partial charge is 0.266 e. The van der Waals surface area contributed by atoms with Crippen LogP contribution >= 0.6 is 0 Å². The van der Waals surface area contributed by atoms with E-state index in [1.54, 1.807) is 59.4 Å². The summed E-state index contributed by atoms with van der Waals surface area (Å²) in [4.78, 5) is 46.2. The van der Waals surface area contributed by atoms with Crippen LogP contribution in [0.15, 0.2) is 79.4 Å². The number of imide groups is 1. The zero-order valence-electron chi connectivity index (χ0n) is 20.7. The van der Waals surface area contributed by atoms with E-state index in [0.29, 0.717) is 23.6 Å². The van der Waals surface area contributed by atoms with Gasteiger partial charge in [0.1, 0.15) is 18.4 Å². The Labute approximate surface area is 213 Å². The van der Waals surface area contributed by atoms with Gasteiger partial charge in [-0.05, 0) is 74.0 Å². The molecule has 9 nitrogen and oxygen atoms in total. The van der Waals surface area contributed by atoms with Crippen LogP contribution in [0.2, 0.25) is 0 Å². The molecule has 0 spiro atoms. The van der Waals surface area contributed by atoms with Crippen molar-refractivity contribution < 1.29 is 19.1 Å². The van der Waals surface area contributed by atoms with E-state index in [4.69, 9.17) is 4.74 Å². The summed E-state index contributed by atoms with van der Waals surface area (Å²) < 4.78 is 7.10. The van der Waals surface area contributed by atoms with Gasteiger partial charge in [-0.1, -0.05) is 12.1 Å². The molecule has 0 aliphatic carbocycles. The van der Waals surface area contributed by atoms with E-state index in [1.165, 1.54) is 12.4 Å². The minimum Gasteiger partial charge on any atom is -0.494 e. The molecule has 5 rings (SSSR count). The Hall–Kier alpha value is -4.79. The number of rotatable bonds is 7. The molecule has 1 aromatic heterocycles. The molecule has 0 saturated carbocycles. The van der Waals surface area contributed by atoms with Crippen LogP contribution in [0, 0.1) is 0 Å². The van der Waals surface area contributed by atoms with Crippen LogP contribution in [0.4, 0.5) is 5.69 Å². The third kappa shape index (κ3) is 4.35. The number of amides is 3. The number of hydrogen-bond acceptors (Lipinski definition) is 6. The number of carbonyl (C=O) groups is 3. The Kier molecular flexibility index (Phi) is 6.27. The molecule has 3 aromatic carbocycles. The number of aromatic nitrogens is 3. The molecule has 1 atom stereocenters. The lowest BCUT2D eigenvalue weighted by molar-refractivity contribution is 0.0742. The average molecular weight is 496 g/mol. The van der Waals surface area contributed by atoms with Gasteiger partial charge in [0.05, 0.1) is 35.2 Å². The van der Waals surface area contributed by atoms with E-state index >= 15 is 0 Å². The molecule has 1 aliphatic rings. The summed E-state index contributed by atoms with van der Waals surface area (Å²) in [5.41, 5.74) is 3.07. The number of benzene rings is 3. The highest BCUT2D eigenvalue weighted by atomic mass is 16.5. The second-order valence-electron chi connectivity index (χ2n) is 8.66. The van der Waals surface area contributed by atoms with Gasteiger partial charge in [0.2, 0.25) is 0 Å². The number of ether oxygens (including phenoxy) is 1. The standard InChI is InChI=1S/C28H25N5O4/c1-4-37-23-12-10-22(11-13-23)33-27(35)24-14-7-20(15-25(24)28(33)36)26(34)31(3)18(2)19-5-8-21(9-6-19)32-17-29-16-30-32/h5-18H,4H2,1-3H3/t18-/m1/s1. The van der Waals surface area contributed by atoms with E-state index < -0.39 is 11.8 Å². The maximum atomic E-state index is 13.3. The zero-order valence-corrected chi connectivity index (χ0v) is 20.7. The predicted molar refractivity (Wildman–Crippen MR) is 137 cm³/mol. The van der Waals surface area contributed by atoms with Crippen molar-refractivity contribution in [2.75, 3.05) is 18.6 Å². The molecule has 4 aromatic rings. The van der Waals surface area contributed by atoms with Gasteiger partial charge < -0.3 is 9.64 Å². The summed E-state index contributed by atoms with van der Waals surface area (Å²) in [6.07, 6.45) is 3.08. The molecule has 0 unspecified atom stereocenters. The second kappa shape index (κ2) is 9.69. The first kappa shape index (κ1) is 23.9.